The van der Waals surface area contributed by atoms with Gasteiger partial charge in [-0.1, -0.05) is 12.1 Å². The zero-order valence-electron chi connectivity index (χ0n) is 15.9. The molecule has 7 nitrogen and oxygen atoms in total. The van der Waals surface area contributed by atoms with Gasteiger partial charge in [0, 0.05) is 31.7 Å². The van der Waals surface area contributed by atoms with E-state index in [0.29, 0.717) is 29.4 Å². The summed E-state index contributed by atoms with van der Waals surface area (Å²) in [7, 11) is 2.11. The molecular weight excluding hydrogens is 385 g/mol. The fraction of sp³-hybridized carbons (Fsp3) is 0.368. The Morgan fingerprint density at radius 1 is 1.10 bits per heavy atom. The maximum Gasteiger partial charge on any atom is 0.573 e. The second kappa shape index (κ2) is 7.88. The van der Waals surface area contributed by atoms with Gasteiger partial charge in [-0.2, -0.15) is 0 Å². The molecule has 1 aromatic carbocycles. The molecule has 1 saturated heterocycles. The van der Waals surface area contributed by atoms with E-state index in [-0.39, 0.29) is 5.75 Å². The van der Waals surface area contributed by atoms with Crippen LogP contribution in [0.5, 0.6) is 5.75 Å². The minimum atomic E-state index is -4.74. The van der Waals surface area contributed by atoms with Crippen LogP contribution in [0.1, 0.15) is 0 Å². The SMILES string of the molecule is CN1CCN(CNc2ccc3ncc(-c4cccc(OC(F)(F)F)c4)n3n2)CC1. The van der Waals surface area contributed by atoms with E-state index >= 15 is 0 Å². The number of imidazole rings is 1. The highest BCUT2D eigenvalue weighted by Crippen LogP contribution is 2.28. The lowest BCUT2D eigenvalue weighted by molar-refractivity contribution is -0.274. The number of ether oxygens (including phenoxy) is 1. The smallest absolute Gasteiger partial charge is 0.406 e. The molecule has 0 bridgehead atoms. The maximum absolute atomic E-state index is 12.5. The topological polar surface area (TPSA) is 57.9 Å². The molecule has 0 spiro atoms. The van der Waals surface area contributed by atoms with Gasteiger partial charge in [-0.15, -0.1) is 18.3 Å². The summed E-state index contributed by atoms with van der Waals surface area (Å²) in [5.74, 6) is 0.382. The molecule has 3 heterocycles. The standard InChI is InChI=1S/C19H21F3N6O/c1-26-7-9-27(10-8-26)13-24-17-5-6-18-23-12-16(28(18)25-17)14-3-2-4-15(11-14)29-19(20,21)22/h2-6,11-12H,7-10,13H2,1H3,(H,24,25). The van der Waals surface area contributed by atoms with Gasteiger partial charge in [0.1, 0.15) is 11.6 Å². The van der Waals surface area contributed by atoms with Gasteiger partial charge in [-0.3, -0.25) is 4.90 Å². The van der Waals surface area contributed by atoms with Gasteiger partial charge < -0.3 is 15.0 Å². The van der Waals surface area contributed by atoms with Gasteiger partial charge in [-0.25, -0.2) is 9.50 Å². The number of alkyl halides is 3. The number of piperazine rings is 1. The number of anilines is 1. The second-order valence-corrected chi connectivity index (χ2v) is 6.96. The van der Waals surface area contributed by atoms with E-state index in [0.717, 1.165) is 26.2 Å². The second-order valence-electron chi connectivity index (χ2n) is 6.96. The van der Waals surface area contributed by atoms with Gasteiger partial charge >= 0.3 is 6.36 Å². The van der Waals surface area contributed by atoms with Gasteiger partial charge in [0.2, 0.25) is 0 Å². The summed E-state index contributed by atoms with van der Waals surface area (Å²) < 4.78 is 43.2. The largest absolute Gasteiger partial charge is 0.573 e. The predicted molar refractivity (Wildman–Crippen MR) is 103 cm³/mol. The average molecular weight is 406 g/mol. The minimum Gasteiger partial charge on any atom is -0.406 e. The normalized spacial score (nSPS) is 16.3. The number of benzene rings is 1. The van der Waals surface area contributed by atoms with E-state index in [2.05, 4.69) is 37.0 Å². The van der Waals surface area contributed by atoms with E-state index in [9.17, 15) is 13.2 Å². The van der Waals surface area contributed by atoms with Crippen molar-refractivity contribution < 1.29 is 17.9 Å². The molecule has 3 aromatic rings. The number of halogens is 3. The first-order valence-corrected chi connectivity index (χ1v) is 9.23. The predicted octanol–water partition coefficient (Wildman–Crippen LogP) is 2.91. The minimum absolute atomic E-state index is 0.283. The van der Waals surface area contributed by atoms with Crippen LogP contribution in [0.25, 0.3) is 16.9 Å². The Morgan fingerprint density at radius 2 is 1.90 bits per heavy atom. The molecule has 4 rings (SSSR count). The summed E-state index contributed by atoms with van der Waals surface area (Å²) >= 11 is 0. The lowest BCUT2D eigenvalue weighted by Gasteiger charge is -2.32. The van der Waals surface area contributed by atoms with Crippen molar-refractivity contribution in [3.63, 3.8) is 0 Å². The highest BCUT2D eigenvalue weighted by Gasteiger charge is 2.31. The van der Waals surface area contributed by atoms with E-state index in [1.807, 2.05) is 12.1 Å². The van der Waals surface area contributed by atoms with Crippen molar-refractivity contribution in [3.05, 3.63) is 42.6 Å². The van der Waals surface area contributed by atoms with Crippen molar-refractivity contribution in [3.8, 4) is 17.0 Å². The molecular formula is C19H21F3N6O. The molecule has 0 radical (unpaired) electrons. The van der Waals surface area contributed by atoms with Gasteiger partial charge in [-0.05, 0) is 31.3 Å². The number of aromatic nitrogens is 3. The van der Waals surface area contributed by atoms with Crippen LogP contribution in [-0.2, 0) is 0 Å². The monoisotopic (exact) mass is 406 g/mol. The number of fused-ring (bicyclic) bond motifs is 1. The Balaban J connectivity index is 1.54. The zero-order chi connectivity index (χ0) is 20.4. The Morgan fingerprint density at radius 3 is 2.66 bits per heavy atom. The molecule has 1 aliphatic rings. The number of hydrogen-bond acceptors (Lipinski definition) is 6. The van der Waals surface area contributed by atoms with Crippen LogP contribution >= 0.6 is 0 Å². The lowest BCUT2D eigenvalue weighted by atomic mass is 10.1. The number of nitrogens with one attached hydrogen (secondary N) is 1. The van der Waals surface area contributed by atoms with Crippen LogP contribution in [0.15, 0.2) is 42.6 Å². The van der Waals surface area contributed by atoms with Crippen molar-refractivity contribution in [2.75, 3.05) is 45.2 Å². The number of likely N-dealkylation sites (N-methyl/N-ethyl adjacent to an activating group) is 1. The summed E-state index contributed by atoms with van der Waals surface area (Å²) in [5.41, 5.74) is 1.71. The molecule has 1 fully saturated rings. The first-order chi connectivity index (χ1) is 13.9. The van der Waals surface area contributed by atoms with E-state index < -0.39 is 6.36 Å². The zero-order valence-corrected chi connectivity index (χ0v) is 15.9. The number of nitrogens with zero attached hydrogens (tertiary/aromatic N) is 5. The van der Waals surface area contributed by atoms with E-state index in [1.165, 1.54) is 18.2 Å². The van der Waals surface area contributed by atoms with Crippen molar-refractivity contribution >= 4 is 11.5 Å². The van der Waals surface area contributed by atoms with Crippen LogP contribution < -0.4 is 10.1 Å². The van der Waals surface area contributed by atoms with Crippen molar-refractivity contribution in [2.24, 2.45) is 0 Å². The Labute approximate surface area is 165 Å². The Kier molecular flexibility index (Phi) is 5.29. The fourth-order valence-electron chi connectivity index (χ4n) is 3.22. The molecule has 29 heavy (non-hydrogen) atoms. The molecule has 0 unspecified atom stereocenters. The third kappa shape index (κ3) is 4.77. The Hall–Kier alpha value is -2.85. The van der Waals surface area contributed by atoms with Crippen LogP contribution in [-0.4, -0.2) is 70.7 Å². The van der Waals surface area contributed by atoms with Crippen molar-refractivity contribution in [1.82, 2.24) is 24.4 Å². The van der Waals surface area contributed by atoms with E-state index in [1.54, 1.807) is 16.8 Å². The summed E-state index contributed by atoms with van der Waals surface area (Å²) in [5, 5.41) is 7.86. The highest BCUT2D eigenvalue weighted by molar-refractivity contribution is 5.65. The third-order valence-corrected chi connectivity index (χ3v) is 4.81. The quantitative estimate of drug-likeness (QED) is 0.703. The van der Waals surface area contributed by atoms with Crippen molar-refractivity contribution in [1.29, 1.82) is 0 Å². The fourth-order valence-corrected chi connectivity index (χ4v) is 3.22. The summed E-state index contributed by atoms with van der Waals surface area (Å²) in [6.07, 6.45) is -3.16. The summed E-state index contributed by atoms with van der Waals surface area (Å²) in [6, 6.07) is 9.44. The molecule has 1 N–H and O–H groups in total. The molecule has 154 valence electrons. The van der Waals surface area contributed by atoms with Gasteiger partial charge in [0.15, 0.2) is 5.65 Å². The third-order valence-electron chi connectivity index (χ3n) is 4.81. The molecule has 1 aliphatic heterocycles. The van der Waals surface area contributed by atoms with Gasteiger partial charge in [0.25, 0.3) is 0 Å². The van der Waals surface area contributed by atoms with Crippen LogP contribution in [0.4, 0.5) is 19.0 Å². The molecule has 2 aromatic heterocycles. The van der Waals surface area contributed by atoms with Crippen LogP contribution in [0.3, 0.4) is 0 Å². The molecule has 0 saturated carbocycles. The molecule has 0 atom stereocenters. The molecule has 10 heteroatoms. The van der Waals surface area contributed by atoms with Crippen molar-refractivity contribution in [2.45, 2.75) is 6.36 Å². The first kappa shape index (κ1) is 19.5. The Bertz CT molecular complexity index is 981. The maximum atomic E-state index is 12.5. The molecule has 0 aliphatic carbocycles. The van der Waals surface area contributed by atoms with Gasteiger partial charge in [0.05, 0.1) is 18.6 Å². The summed E-state index contributed by atoms with van der Waals surface area (Å²) in [4.78, 5) is 8.88. The lowest BCUT2D eigenvalue weighted by Crippen LogP contribution is -2.46. The van der Waals surface area contributed by atoms with Crippen LogP contribution in [0, 0.1) is 0 Å². The molecule has 0 amide bonds. The number of hydrogen-bond donors (Lipinski definition) is 1. The number of rotatable bonds is 5. The average Bonchev–Trinajstić information content (AvgIpc) is 3.10. The summed E-state index contributed by atoms with van der Waals surface area (Å²) in [6.45, 7) is 4.68. The van der Waals surface area contributed by atoms with Crippen LogP contribution in [0.2, 0.25) is 0 Å². The first-order valence-electron chi connectivity index (χ1n) is 9.23. The van der Waals surface area contributed by atoms with E-state index in [4.69, 9.17) is 0 Å². The highest BCUT2D eigenvalue weighted by atomic mass is 19.4.